The minimum absolute atomic E-state index is 0.0180. The summed E-state index contributed by atoms with van der Waals surface area (Å²) in [6, 6.07) is 19.3. The summed E-state index contributed by atoms with van der Waals surface area (Å²) in [6.07, 6.45) is 0. The zero-order chi connectivity index (χ0) is 23.7. The van der Waals surface area contributed by atoms with Gasteiger partial charge in [0.25, 0.3) is 11.7 Å². The second-order valence-electron chi connectivity index (χ2n) is 7.46. The molecule has 0 saturated carbocycles. The summed E-state index contributed by atoms with van der Waals surface area (Å²) < 4.78 is 0.834. The molecule has 0 bridgehead atoms. The fraction of sp³-hybridized carbons (Fsp3) is 0.0800. The van der Waals surface area contributed by atoms with E-state index in [9.17, 15) is 19.5 Å². The Morgan fingerprint density at radius 2 is 1.58 bits per heavy atom. The number of hydrogen-bond acceptors (Lipinski definition) is 4. The van der Waals surface area contributed by atoms with Crippen LogP contribution in [0, 0.1) is 0 Å². The number of hydrogen-bond donors (Lipinski definition) is 2. The highest BCUT2D eigenvalue weighted by molar-refractivity contribution is 9.10. The Hall–Kier alpha value is -3.42. The highest BCUT2D eigenvalue weighted by Gasteiger charge is 2.46. The molecule has 33 heavy (non-hydrogen) atoms. The number of ketones is 1. The Labute approximate surface area is 203 Å². The number of benzene rings is 3. The molecule has 1 aliphatic rings. The van der Waals surface area contributed by atoms with Crippen molar-refractivity contribution in [3.63, 3.8) is 0 Å². The molecule has 1 saturated heterocycles. The minimum Gasteiger partial charge on any atom is -0.507 e. The van der Waals surface area contributed by atoms with Gasteiger partial charge in [0.15, 0.2) is 0 Å². The number of carbonyl (C=O) groups is 3. The Bertz CT molecular complexity index is 1270. The third kappa shape index (κ3) is 4.55. The van der Waals surface area contributed by atoms with E-state index in [2.05, 4.69) is 21.2 Å². The number of aliphatic hydroxyl groups excluding tert-OH is 1. The Morgan fingerprint density at radius 3 is 2.15 bits per heavy atom. The Balaban J connectivity index is 1.87. The lowest BCUT2D eigenvalue weighted by molar-refractivity contribution is -0.132. The molecule has 0 aliphatic carbocycles. The number of anilines is 2. The number of Topliss-reactive ketones (excluding diaryl/α,β-unsaturated/α-hetero) is 1. The highest BCUT2D eigenvalue weighted by Crippen LogP contribution is 2.42. The monoisotopic (exact) mass is 524 g/mol. The van der Waals surface area contributed by atoms with Crippen molar-refractivity contribution in [2.75, 3.05) is 10.2 Å². The normalized spacial score (nSPS) is 17.3. The van der Waals surface area contributed by atoms with Crippen molar-refractivity contribution in [2.45, 2.75) is 13.0 Å². The van der Waals surface area contributed by atoms with Crippen LogP contribution in [-0.4, -0.2) is 22.7 Å². The SMILES string of the molecule is CC(=O)Nc1ccc(N2C(=O)C(=O)C(=C(O)c3ccc(Cl)cc3)C2c2ccc(Br)cc2)cc1. The molecule has 1 atom stereocenters. The number of carbonyl (C=O) groups excluding carboxylic acids is 3. The van der Waals surface area contributed by atoms with Crippen LogP contribution >= 0.6 is 27.5 Å². The highest BCUT2D eigenvalue weighted by atomic mass is 79.9. The molecule has 2 amide bonds. The van der Waals surface area contributed by atoms with Crippen molar-refractivity contribution in [2.24, 2.45) is 0 Å². The number of nitrogens with zero attached hydrogens (tertiary/aromatic N) is 1. The molecular weight excluding hydrogens is 508 g/mol. The second-order valence-corrected chi connectivity index (χ2v) is 8.81. The van der Waals surface area contributed by atoms with E-state index in [1.54, 1.807) is 72.8 Å². The first kappa shape index (κ1) is 22.8. The summed E-state index contributed by atoms with van der Waals surface area (Å²) >= 11 is 9.35. The van der Waals surface area contributed by atoms with Crippen molar-refractivity contribution in [3.8, 4) is 0 Å². The van der Waals surface area contributed by atoms with Crippen molar-refractivity contribution in [3.05, 3.63) is 99.0 Å². The summed E-state index contributed by atoms with van der Waals surface area (Å²) in [5.74, 6) is -2.05. The van der Waals surface area contributed by atoms with Crippen molar-refractivity contribution in [1.82, 2.24) is 0 Å². The Kier molecular flexibility index (Phi) is 6.35. The van der Waals surface area contributed by atoms with Crippen LogP contribution in [-0.2, 0) is 14.4 Å². The summed E-state index contributed by atoms with van der Waals surface area (Å²) in [4.78, 5) is 39.0. The van der Waals surface area contributed by atoms with E-state index in [0.29, 0.717) is 27.5 Å². The van der Waals surface area contributed by atoms with Gasteiger partial charge in [-0.2, -0.15) is 0 Å². The first-order valence-electron chi connectivity index (χ1n) is 9.96. The number of nitrogens with one attached hydrogen (secondary N) is 1. The fourth-order valence-corrected chi connectivity index (χ4v) is 4.12. The predicted molar refractivity (Wildman–Crippen MR) is 131 cm³/mol. The summed E-state index contributed by atoms with van der Waals surface area (Å²) in [6.45, 7) is 1.40. The van der Waals surface area contributed by atoms with Gasteiger partial charge in [-0.1, -0.05) is 39.7 Å². The van der Waals surface area contributed by atoms with E-state index in [-0.39, 0.29) is 17.2 Å². The zero-order valence-electron chi connectivity index (χ0n) is 17.4. The predicted octanol–water partition coefficient (Wildman–Crippen LogP) is 5.69. The third-order valence-electron chi connectivity index (χ3n) is 5.21. The Morgan fingerprint density at radius 1 is 0.970 bits per heavy atom. The lowest BCUT2D eigenvalue weighted by Crippen LogP contribution is -2.29. The summed E-state index contributed by atoms with van der Waals surface area (Å²) in [5, 5.41) is 14.2. The topological polar surface area (TPSA) is 86.7 Å². The van der Waals surface area contributed by atoms with Crippen LogP contribution in [0.1, 0.15) is 24.1 Å². The van der Waals surface area contributed by atoms with Gasteiger partial charge in [0.1, 0.15) is 5.76 Å². The maximum absolute atomic E-state index is 13.2. The average Bonchev–Trinajstić information content (AvgIpc) is 3.05. The van der Waals surface area contributed by atoms with Crippen LogP contribution < -0.4 is 10.2 Å². The number of aliphatic hydroxyl groups is 1. The average molecular weight is 526 g/mol. The molecule has 1 aliphatic heterocycles. The molecule has 3 aromatic rings. The molecule has 4 rings (SSSR count). The zero-order valence-corrected chi connectivity index (χ0v) is 19.7. The van der Waals surface area contributed by atoms with Gasteiger partial charge in [0, 0.05) is 33.4 Å². The smallest absolute Gasteiger partial charge is 0.300 e. The van der Waals surface area contributed by atoms with Gasteiger partial charge in [-0.3, -0.25) is 19.3 Å². The molecule has 2 N–H and O–H groups in total. The van der Waals surface area contributed by atoms with E-state index >= 15 is 0 Å². The standard InChI is InChI=1S/C25H18BrClN2O4/c1-14(30)28-19-10-12-20(13-11-19)29-22(15-2-6-17(26)7-3-15)21(24(32)25(29)33)23(31)16-4-8-18(27)9-5-16/h2-13,22,31H,1H3,(H,28,30). The molecule has 1 fully saturated rings. The first-order chi connectivity index (χ1) is 15.8. The van der Waals surface area contributed by atoms with Gasteiger partial charge in [-0.25, -0.2) is 0 Å². The molecule has 6 nitrogen and oxygen atoms in total. The van der Waals surface area contributed by atoms with Crippen molar-refractivity contribution < 1.29 is 19.5 Å². The first-order valence-corrected chi connectivity index (χ1v) is 11.1. The molecule has 0 spiro atoms. The largest absolute Gasteiger partial charge is 0.507 e. The van der Waals surface area contributed by atoms with Gasteiger partial charge in [-0.15, -0.1) is 0 Å². The van der Waals surface area contributed by atoms with Gasteiger partial charge in [0.2, 0.25) is 5.91 Å². The lowest BCUT2D eigenvalue weighted by Gasteiger charge is -2.25. The molecule has 166 valence electrons. The van der Waals surface area contributed by atoms with Crippen LogP contribution in [0.5, 0.6) is 0 Å². The van der Waals surface area contributed by atoms with Gasteiger partial charge >= 0.3 is 0 Å². The third-order valence-corrected chi connectivity index (χ3v) is 5.99. The maximum atomic E-state index is 13.2. The van der Waals surface area contributed by atoms with Gasteiger partial charge in [-0.05, 0) is 66.2 Å². The van der Waals surface area contributed by atoms with E-state index in [0.717, 1.165) is 4.47 Å². The van der Waals surface area contributed by atoms with E-state index in [1.165, 1.54) is 11.8 Å². The number of halogens is 2. The summed E-state index contributed by atoms with van der Waals surface area (Å²) in [5.41, 5.74) is 2.02. The molecule has 1 unspecified atom stereocenters. The van der Waals surface area contributed by atoms with Crippen molar-refractivity contribution >= 4 is 62.3 Å². The molecule has 0 aromatic heterocycles. The lowest BCUT2D eigenvalue weighted by atomic mass is 9.95. The van der Waals surface area contributed by atoms with E-state index < -0.39 is 17.7 Å². The molecular formula is C25H18BrClN2O4. The summed E-state index contributed by atoms with van der Waals surface area (Å²) in [7, 11) is 0. The van der Waals surface area contributed by atoms with Crippen LogP contribution in [0.4, 0.5) is 11.4 Å². The van der Waals surface area contributed by atoms with Crippen LogP contribution in [0.15, 0.2) is 82.8 Å². The molecule has 3 aromatic carbocycles. The fourth-order valence-electron chi connectivity index (χ4n) is 3.73. The van der Waals surface area contributed by atoms with Gasteiger partial charge < -0.3 is 10.4 Å². The second kappa shape index (κ2) is 9.21. The van der Waals surface area contributed by atoms with Crippen LogP contribution in [0.25, 0.3) is 5.76 Å². The van der Waals surface area contributed by atoms with Crippen LogP contribution in [0.2, 0.25) is 5.02 Å². The molecule has 1 heterocycles. The quantitative estimate of drug-likeness (QED) is 0.260. The van der Waals surface area contributed by atoms with E-state index in [4.69, 9.17) is 11.6 Å². The molecule has 0 radical (unpaired) electrons. The molecule has 8 heteroatoms. The number of rotatable bonds is 4. The van der Waals surface area contributed by atoms with Crippen molar-refractivity contribution in [1.29, 1.82) is 0 Å². The van der Waals surface area contributed by atoms with Crippen LogP contribution in [0.3, 0.4) is 0 Å². The maximum Gasteiger partial charge on any atom is 0.300 e. The van der Waals surface area contributed by atoms with E-state index in [1.807, 2.05) is 0 Å². The van der Waals surface area contributed by atoms with Gasteiger partial charge in [0.05, 0.1) is 11.6 Å². The number of amides is 2. The minimum atomic E-state index is -0.847.